The van der Waals surface area contributed by atoms with Crippen molar-refractivity contribution in [2.75, 3.05) is 0 Å². The Balaban J connectivity index is 0.00000337. The monoisotopic (exact) mass is 717 g/mol. The minimum absolute atomic E-state index is 0. The fourth-order valence-electron chi connectivity index (χ4n) is 4.86. The normalized spacial score (nSPS) is 11.2. The molecule has 0 saturated carbocycles. The maximum absolute atomic E-state index is 6.26. The summed E-state index contributed by atoms with van der Waals surface area (Å²) in [6, 6.07) is 39.4. The van der Waals surface area contributed by atoms with E-state index in [1.165, 1.54) is 0 Å². The largest absolute Gasteiger partial charge is 2.00 e. The number of hydrogen-bond acceptors (Lipinski definition) is 3. The molecule has 5 nitrogen and oxygen atoms in total. The third kappa shape index (κ3) is 5.82. The summed E-state index contributed by atoms with van der Waals surface area (Å²) >= 11 is 0. The van der Waals surface area contributed by atoms with Crippen molar-refractivity contribution in [2.24, 2.45) is 7.05 Å². The van der Waals surface area contributed by atoms with Gasteiger partial charge in [-0.3, -0.25) is 9.67 Å². The first-order valence-electron chi connectivity index (χ1n) is 13.3. The molecule has 0 N–H and O–H groups in total. The van der Waals surface area contributed by atoms with E-state index >= 15 is 0 Å². The summed E-state index contributed by atoms with van der Waals surface area (Å²) in [6.07, 6.45) is 3.69. The Hall–Kier alpha value is -4.21. The molecule has 0 radical (unpaired) electrons. The van der Waals surface area contributed by atoms with Gasteiger partial charge >= 0.3 is 21.1 Å². The Kier molecular flexibility index (Phi) is 8.10. The summed E-state index contributed by atoms with van der Waals surface area (Å²) in [6.45, 7) is 6.61. The van der Waals surface area contributed by atoms with E-state index in [1.807, 2.05) is 71.0 Å². The van der Waals surface area contributed by atoms with Gasteiger partial charge < -0.3 is 9.30 Å². The molecule has 206 valence electrons. The van der Waals surface area contributed by atoms with Crippen molar-refractivity contribution in [3.8, 4) is 51.0 Å². The van der Waals surface area contributed by atoms with Crippen LogP contribution in [-0.4, -0.2) is 19.3 Å². The van der Waals surface area contributed by atoms with Crippen LogP contribution in [0.25, 0.3) is 39.5 Å². The fourth-order valence-corrected chi connectivity index (χ4v) is 4.86. The first-order chi connectivity index (χ1) is 19.4. The van der Waals surface area contributed by atoms with E-state index in [4.69, 9.17) is 9.84 Å². The molecule has 41 heavy (non-hydrogen) atoms. The van der Waals surface area contributed by atoms with E-state index in [0.717, 1.165) is 45.2 Å². The van der Waals surface area contributed by atoms with Crippen molar-refractivity contribution in [3.63, 3.8) is 0 Å². The summed E-state index contributed by atoms with van der Waals surface area (Å²) in [5.74, 6) is 2.01. The molecule has 0 aliphatic carbocycles. The van der Waals surface area contributed by atoms with Gasteiger partial charge in [0, 0.05) is 47.5 Å². The molecule has 0 unspecified atom stereocenters. The topological polar surface area (TPSA) is 44.9 Å². The molecular formula is C35H30N4OPt. The minimum atomic E-state index is -0.186. The number of ether oxygens (including phenoxy) is 1. The SMILES string of the molecule is Cn1ccnc1-c1[c-]c(Oc2[c-]c(-n3nc(C(C)(C)C)c(-c4ccccc4)c3-c3ccccc3)ccc2)ccc1.[Pt+2]. The molecule has 0 amide bonds. The molecule has 2 aromatic heterocycles. The Morgan fingerprint density at radius 3 is 2.00 bits per heavy atom. The van der Waals surface area contributed by atoms with Gasteiger partial charge in [-0.1, -0.05) is 87.5 Å². The van der Waals surface area contributed by atoms with Crippen LogP contribution in [0.5, 0.6) is 11.5 Å². The maximum Gasteiger partial charge on any atom is 2.00 e. The van der Waals surface area contributed by atoms with Crippen molar-refractivity contribution in [3.05, 3.63) is 127 Å². The predicted octanol–water partition coefficient (Wildman–Crippen LogP) is 8.29. The minimum Gasteiger partial charge on any atom is -0.503 e. The number of nitrogens with zero attached hydrogens (tertiary/aromatic N) is 4. The second-order valence-corrected chi connectivity index (χ2v) is 10.8. The zero-order valence-electron chi connectivity index (χ0n) is 23.4. The molecule has 0 atom stereocenters. The smallest absolute Gasteiger partial charge is 0.503 e. The molecular weight excluding hydrogens is 687 g/mol. The van der Waals surface area contributed by atoms with Gasteiger partial charge in [-0.2, -0.15) is 11.2 Å². The van der Waals surface area contributed by atoms with Crippen LogP contribution < -0.4 is 4.74 Å². The molecule has 6 rings (SSSR count). The summed E-state index contributed by atoms with van der Waals surface area (Å²) in [5, 5.41) is 5.22. The number of benzene rings is 4. The third-order valence-electron chi connectivity index (χ3n) is 6.74. The Bertz CT molecular complexity index is 1770. The quantitative estimate of drug-likeness (QED) is 0.163. The standard InChI is InChI=1S/C35H30N4O.Pt/c1-35(2,3)33-31(25-13-7-5-8-14-25)32(26-15-9-6-10-16-26)39(37-33)28-18-12-20-30(24-28)40-29-19-11-17-27(23-29)34-36-21-22-38(34)4;/h5-22H,1-4H3;/q-2;+2. The summed E-state index contributed by atoms with van der Waals surface area (Å²) in [4.78, 5) is 4.44. The van der Waals surface area contributed by atoms with Crippen LogP contribution in [0.2, 0.25) is 0 Å². The van der Waals surface area contributed by atoms with Gasteiger partial charge in [-0.15, -0.1) is 42.0 Å². The van der Waals surface area contributed by atoms with E-state index in [1.54, 1.807) is 6.20 Å². The number of aryl methyl sites for hydroxylation is 1. The molecule has 0 saturated heterocycles. The maximum atomic E-state index is 6.26. The van der Waals surface area contributed by atoms with Gasteiger partial charge in [0.25, 0.3) is 0 Å². The zero-order valence-corrected chi connectivity index (χ0v) is 25.7. The van der Waals surface area contributed by atoms with E-state index in [9.17, 15) is 0 Å². The van der Waals surface area contributed by atoms with Gasteiger partial charge in [0.15, 0.2) is 0 Å². The van der Waals surface area contributed by atoms with E-state index < -0.39 is 0 Å². The Labute approximate surface area is 255 Å². The van der Waals surface area contributed by atoms with Crippen LogP contribution in [-0.2, 0) is 33.5 Å². The van der Waals surface area contributed by atoms with Crippen LogP contribution in [0, 0.1) is 12.1 Å². The van der Waals surface area contributed by atoms with Gasteiger partial charge in [-0.05, 0) is 11.3 Å². The number of aromatic nitrogens is 4. The molecule has 6 heteroatoms. The number of imidazole rings is 1. The van der Waals surface area contributed by atoms with Crippen LogP contribution in [0.3, 0.4) is 0 Å². The van der Waals surface area contributed by atoms with E-state index in [2.05, 4.69) is 86.4 Å². The molecule has 0 bridgehead atoms. The summed E-state index contributed by atoms with van der Waals surface area (Å²) in [7, 11) is 1.96. The summed E-state index contributed by atoms with van der Waals surface area (Å²) in [5.41, 5.74) is 6.85. The van der Waals surface area contributed by atoms with Crippen molar-refractivity contribution in [1.82, 2.24) is 19.3 Å². The van der Waals surface area contributed by atoms with Crippen molar-refractivity contribution in [1.29, 1.82) is 0 Å². The second kappa shape index (κ2) is 11.7. The van der Waals surface area contributed by atoms with Gasteiger partial charge in [0.1, 0.15) is 0 Å². The third-order valence-corrected chi connectivity index (χ3v) is 6.74. The average molecular weight is 718 g/mol. The van der Waals surface area contributed by atoms with Gasteiger partial charge in [0.2, 0.25) is 0 Å². The zero-order chi connectivity index (χ0) is 27.7. The molecule has 4 aromatic carbocycles. The predicted molar refractivity (Wildman–Crippen MR) is 160 cm³/mol. The average Bonchev–Trinajstić information content (AvgIpc) is 3.59. The molecule has 0 aliphatic rings. The first kappa shape index (κ1) is 28.3. The molecule has 0 spiro atoms. The van der Waals surface area contributed by atoms with E-state index in [0.29, 0.717) is 11.5 Å². The van der Waals surface area contributed by atoms with Crippen molar-refractivity contribution < 1.29 is 25.8 Å². The number of rotatable bonds is 6. The molecule has 0 fully saturated rings. The molecule has 2 heterocycles. The van der Waals surface area contributed by atoms with Crippen LogP contribution >= 0.6 is 0 Å². The van der Waals surface area contributed by atoms with Gasteiger partial charge in [-0.25, -0.2) is 0 Å². The van der Waals surface area contributed by atoms with Gasteiger partial charge in [0.05, 0.1) is 17.2 Å². The van der Waals surface area contributed by atoms with Crippen LogP contribution in [0.4, 0.5) is 0 Å². The summed E-state index contributed by atoms with van der Waals surface area (Å²) < 4.78 is 10.2. The van der Waals surface area contributed by atoms with Crippen molar-refractivity contribution >= 4 is 0 Å². The molecule has 0 aliphatic heterocycles. The first-order valence-corrected chi connectivity index (χ1v) is 13.3. The van der Waals surface area contributed by atoms with Crippen molar-refractivity contribution in [2.45, 2.75) is 26.2 Å². The fraction of sp³-hybridized carbons (Fsp3) is 0.143. The Morgan fingerprint density at radius 1 is 0.732 bits per heavy atom. The Morgan fingerprint density at radius 2 is 1.37 bits per heavy atom. The van der Waals surface area contributed by atoms with Crippen LogP contribution in [0.15, 0.2) is 109 Å². The van der Waals surface area contributed by atoms with E-state index in [-0.39, 0.29) is 26.5 Å². The second-order valence-electron chi connectivity index (χ2n) is 10.8. The molecule has 6 aromatic rings. The number of hydrogen-bond donors (Lipinski definition) is 0. The van der Waals surface area contributed by atoms with Crippen LogP contribution in [0.1, 0.15) is 26.5 Å².